The number of fused-ring (bicyclic) bond motifs is 4. The van der Waals surface area contributed by atoms with Crippen LogP contribution in [0.1, 0.15) is 74.4 Å². The van der Waals surface area contributed by atoms with Crippen LogP contribution in [0.5, 0.6) is 5.75 Å². The van der Waals surface area contributed by atoms with Crippen LogP contribution in [0.25, 0.3) is 4.85 Å². The maximum Gasteiger partial charge on any atom is 0.264 e. The predicted octanol–water partition coefficient (Wildman–Crippen LogP) is 5.74. The van der Waals surface area contributed by atoms with Gasteiger partial charge in [-0.25, -0.2) is 19.7 Å². The van der Waals surface area contributed by atoms with Crippen molar-refractivity contribution < 1.29 is 27.5 Å². The molecule has 51 heavy (non-hydrogen) atoms. The van der Waals surface area contributed by atoms with Crippen molar-refractivity contribution in [3.63, 3.8) is 0 Å². The molecule has 0 unspecified atom stereocenters. The number of aldehydes is 1. The number of sulfonamides is 1. The van der Waals surface area contributed by atoms with Gasteiger partial charge in [-0.2, -0.15) is 0 Å². The van der Waals surface area contributed by atoms with E-state index in [4.69, 9.17) is 27.6 Å². The smallest absolute Gasteiger partial charge is 0.264 e. The van der Waals surface area contributed by atoms with Crippen molar-refractivity contribution >= 4 is 39.5 Å². The van der Waals surface area contributed by atoms with Crippen molar-refractivity contribution in [2.75, 3.05) is 44.8 Å². The second-order valence-corrected chi connectivity index (χ2v) is 17.9. The number of halogens is 1. The second-order valence-electron chi connectivity index (χ2n) is 15.4. The Balaban J connectivity index is 0.000000573. The normalized spacial score (nSPS) is 32.7. The SMILES string of the molecule is CO[C@]1(C=O)/C=C/C[C@H](C)[C@@H](C)S(=O)(=O)NC(=O)c2ccc3c(c2)N(C[C@@H]2CC[C@H]21)C[C@@]1(CCCc2cc(Cl)ccc21)CO3.[C-]#[N+]C1(C)CNC1. The average Bonchev–Trinajstić information content (AvgIpc) is 3.24. The lowest BCUT2D eigenvalue weighted by atomic mass is 9.64. The summed E-state index contributed by atoms with van der Waals surface area (Å²) in [5, 5.41) is 2.92. The Hall–Kier alpha value is -3.43. The van der Waals surface area contributed by atoms with Crippen LogP contribution in [0.15, 0.2) is 48.6 Å². The van der Waals surface area contributed by atoms with Crippen LogP contribution < -0.4 is 19.7 Å². The number of nitrogens with one attached hydrogen (secondary N) is 2. The van der Waals surface area contributed by atoms with E-state index in [-0.39, 0.29) is 34.3 Å². The zero-order valence-corrected chi connectivity index (χ0v) is 31.5. The third-order valence-electron chi connectivity index (χ3n) is 12.0. The third kappa shape index (κ3) is 7.30. The van der Waals surface area contributed by atoms with Crippen LogP contribution >= 0.6 is 11.6 Å². The average molecular weight is 737 g/mol. The van der Waals surface area contributed by atoms with Gasteiger partial charge in [0.2, 0.25) is 10.0 Å². The number of nitrogens with zero attached hydrogens (tertiary/aromatic N) is 2. The van der Waals surface area contributed by atoms with E-state index in [1.54, 1.807) is 32.2 Å². The molecule has 3 aliphatic heterocycles. The largest absolute Gasteiger partial charge is 0.490 e. The number of benzene rings is 2. The number of ether oxygens (including phenoxy) is 2. The number of carbonyl (C=O) groups excluding carboxylic acids is 2. The number of hydrogen-bond donors (Lipinski definition) is 2. The molecule has 1 saturated heterocycles. The topological polar surface area (TPSA) is 118 Å². The number of allylic oxidation sites excluding steroid dienone is 1. The van der Waals surface area contributed by atoms with Gasteiger partial charge in [-0.05, 0) is 105 Å². The van der Waals surface area contributed by atoms with Gasteiger partial charge in [0.15, 0.2) is 6.29 Å². The highest BCUT2D eigenvalue weighted by Gasteiger charge is 2.49. The summed E-state index contributed by atoms with van der Waals surface area (Å²) < 4.78 is 41.3. The fraction of sp³-hybridized carbons (Fsp3) is 0.564. The summed E-state index contributed by atoms with van der Waals surface area (Å²) in [6, 6.07) is 11.3. The van der Waals surface area contributed by atoms with Crippen LogP contribution in [-0.2, 0) is 31.4 Å². The van der Waals surface area contributed by atoms with Gasteiger partial charge >= 0.3 is 0 Å². The lowest BCUT2D eigenvalue weighted by Gasteiger charge is -2.48. The molecule has 0 aromatic heterocycles. The first-order valence-corrected chi connectivity index (χ1v) is 19.9. The minimum absolute atomic E-state index is 0.0434. The summed E-state index contributed by atoms with van der Waals surface area (Å²) in [4.78, 5) is 31.8. The van der Waals surface area contributed by atoms with Gasteiger partial charge in [-0.15, -0.1) is 0 Å². The molecular weight excluding hydrogens is 688 g/mol. The Morgan fingerprint density at radius 2 is 1.94 bits per heavy atom. The van der Waals surface area contributed by atoms with E-state index in [2.05, 4.69) is 31.9 Å². The molecule has 10 nitrogen and oxygen atoms in total. The number of methoxy groups -OCH3 is 1. The molecule has 6 atom stereocenters. The molecule has 2 aliphatic carbocycles. The van der Waals surface area contributed by atoms with E-state index in [1.807, 2.05) is 32.1 Å². The number of aryl methyl sites for hydroxylation is 1. The standard InChI is InChI=1S/C34H41ClN2O6S.C5H8N2/c1-22-6-4-15-34(20-38,42-3)29-11-8-26(29)18-37-19-33(14-5-7-24-16-27(35)10-12-28(24)33)21-43-31-13-9-25(17-30(31)37)32(39)36-44(40,41)23(22)2;1-5(6-2)3-7-4-5/h4,9-10,12-13,15-17,20,22-23,26,29H,5-8,11,14,18-19,21H2,1-3H3,(H,36,39);7H,3-4H2,1H3/b15-4+;/t22-,23+,26-,29+,33-,34-;/m0./s1. The minimum Gasteiger partial charge on any atom is -0.490 e. The predicted molar refractivity (Wildman–Crippen MR) is 199 cm³/mol. The molecule has 5 aliphatic rings. The number of hydrogen-bond acceptors (Lipinski definition) is 8. The molecule has 12 heteroatoms. The molecule has 7 rings (SSSR count). The highest BCUT2D eigenvalue weighted by Crippen LogP contribution is 2.48. The summed E-state index contributed by atoms with van der Waals surface area (Å²) in [6.45, 7) is 15.5. The van der Waals surface area contributed by atoms with Gasteiger partial charge in [-0.3, -0.25) is 9.59 Å². The Bertz CT molecular complexity index is 1840. The van der Waals surface area contributed by atoms with Crippen LogP contribution in [0.2, 0.25) is 5.02 Å². The lowest BCUT2D eigenvalue weighted by molar-refractivity contribution is -0.135. The summed E-state index contributed by atoms with van der Waals surface area (Å²) in [6.07, 6.45) is 9.65. The molecular formula is C39H49ClN4O6S. The monoisotopic (exact) mass is 736 g/mol. The zero-order valence-electron chi connectivity index (χ0n) is 29.9. The molecule has 274 valence electrons. The van der Waals surface area contributed by atoms with Gasteiger partial charge in [-0.1, -0.05) is 30.7 Å². The summed E-state index contributed by atoms with van der Waals surface area (Å²) in [5.41, 5.74) is 1.99. The zero-order chi connectivity index (χ0) is 36.6. The highest BCUT2D eigenvalue weighted by atomic mass is 35.5. The fourth-order valence-electron chi connectivity index (χ4n) is 8.25. The molecule has 2 aromatic rings. The Kier molecular flexibility index (Phi) is 10.6. The highest BCUT2D eigenvalue weighted by molar-refractivity contribution is 7.90. The molecule has 3 heterocycles. The van der Waals surface area contributed by atoms with E-state index >= 15 is 0 Å². The van der Waals surface area contributed by atoms with Crippen LogP contribution in [0, 0.1) is 24.3 Å². The Morgan fingerprint density at radius 1 is 1.16 bits per heavy atom. The Morgan fingerprint density at radius 3 is 2.57 bits per heavy atom. The number of rotatable bonds is 2. The first-order valence-electron chi connectivity index (χ1n) is 17.9. The maximum atomic E-state index is 13.4. The van der Waals surface area contributed by atoms with Crippen molar-refractivity contribution in [2.24, 2.45) is 17.8 Å². The van der Waals surface area contributed by atoms with Gasteiger partial charge in [0.25, 0.3) is 11.4 Å². The van der Waals surface area contributed by atoms with Gasteiger partial charge in [0, 0.05) is 49.0 Å². The summed E-state index contributed by atoms with van der Waals surface area (Å²) in [5.74, 6) is -0.203. The van der Waals surface area contributed by atoms with E-state index in [9.17, 15) is 18.0 Å². The molecule has 0 radical (unpaired) electrons. The molecule has 2 bridgehead atoms. The van der Waals surface area contributed by atoms with Crippen molar-refractivity contribution in [1.82, 2.24) is 10.0 Å². The van der Waals surface area contributed by atoms with Crippen LogP contribution in [-0.4, -0.2) is 76.9 Å². The fourth-order valence-corrected chi connectivity index (χ4v) is 9.73. The van der Waals surface area contributed by atoms with Crippen molar-refractivity contribution in [3.05, 3.63) is 81.7 Å². The second kappa shape index (κ2) is 14.5. The number of carbonyl (C=O) groups is 2. The summed E-state index contributed by atoms with van der Waals surface area (Å²) >= 11 is 6.40. The first kappa shape index (κ1) is 37.3. The molecule has 2 aromatic carbocycles. The molecule has 1 spiro atoms. The lowest BCUT2D eigenvalue weighted by Crippen LogP contribution is -2.54. The number of anilines is 1. The van der Waals surface area contributed by atoms with E-state index < -0.39 is 26.8 Å². The quantitative estimate of drug-likeness (QED) is 0.228. The first-order chi connectivity index (χ1) is 24.3. The van der Waals surface area contributed by atoms with E-state index in [0.717, 1.165) is 57.2 Å². The van der Waals surface area contributed by atoms with E-state index in [0.29, 0.717) is 36.9 Å². The van der Waals surface area contributed by atoms with Crippen molar-refractivity contribution in [2.45, 2.75) is 81.1 Å². The number of amides is 1. The molecule has 2 N–H and O–H groups in total. The minimum atomic E-state index is -3.97. The third-order valence-corrected chi connectivity index (χ3v) is 14.1. The van der Waals surface area contributed by atoms with Crippen molar-refractivity contribution in [3.8, 4) is 5.75 Å². The van der Waals surface area contributed by atoms with Gasteiger partial charge in [0.1, 0.15) is 11.4 Å². The van der Waals surface area contributed by atoms with Gasteiger partial charge in [0.05, 0.1) is 30.6 Å². The molecule has 1 saturated carbocycles. The summed E-state index contributed by atoms with van der Waals surface area (Å²) in [7, 11) is -2.41. The van der Waals surface area contributed by atoms with E-state index in [1.165, 1.54) is 11.1 Å². The molecule has 1 amide bonds. The maximum absolute atomic E-state index is 13.4. The Labute approximate surface area is 307 Å². The van der Waals surface area contributed by atoms with Crippen molar-refractivity contribution in [1.29, 1.82) is 0 Å². The van der Waals surface area contributed by atoms with Gasteiger partial charge < -0.3 is 24.5 Å². The molecule has 2 fully saturated rings. The van der Waals surface area contributed by atoms with Crippen LogP contribution in [0.3, 0.4) is 0 Å². The van der Waals surface area contributed by atoms with Crippen LogP contribution in [0.4, 0.5) is 5.69 Å².